The van der Waals surface area contributed by atoms with Crippen molar-refractivity contribution in [1.82, 2.24) is 24.6 Å². The summed E-state index contributed by atoms with van der Waals surface area (Å²) in [7, 11) is 1.65. The summed E-state index contributed by atoms with van der Waals surface area (Å²) in [6.45, 7) is 5.29. The van der Waals surface area contributed by atoms with Crippen molar-refractivity contribution in [3.63, 3.8) is 0 Å². The molecule has 1 fully saturated rings. The van der Waals surface area contributed by atoms with Gasteiger partial charge in [0.15, 0.2) is 5.13 Å². The molecule has 5 rings (SSSR count). The summed E-state index contributed by atoms with van der Waals surface area (Å²) in [6.07, 6.45) is 1.87. The first-order chi connectivity index (χ1) is 14.7. The van der Waals surface area contributed by atoms with Crippen molar-refractivity contribution >= 4 is 32.6 Å². The van der Waals surface area contributed by atoms with Crippen LogP contribution in [-0.2, 0) is 17.7 Å². The van der Waals surface area contributed by atoms with Crippen LogP contribution >= 0.6 is 11.3 Å². The predicted octanol–water partition coefficient (Wildman–Crippen LogP) is 1.82. The monoisotopic (exact) mass is 428 g/mol. The Balaban J connectivity index is 1.46. The van der Waals surface area contributed by atoms with Crippen LogP contribution in [0.15, 0.2) is 18.2 Å². The third kappa shape index (κ3) is 3.66. The van der Waals surface area contributed by atoms with E-state index in [-0.39, 0.29) is 5.91 Å². The fourth-order valence-electron chi connectivity index (χ4n) is 3.91. The zero-order valence-corrected chi connectivity index (χ0v) is 17.7. The highest BCUT2D eigenvalue weighted by Crippen LogP contribution is 2.32. The molecule has 0 aliphatic carbocycles. The molecule has 1 aromatic carbocycles. The van der Waals surface area contributed by atoms with Gasteiger partial charge in [0, 0.05) is 39.1 Å². The first kappa shape index (κ1) is 19.4. The summed E-state index contributed by atoms with van der Waals surface area (Å²) >= 11 is 1.49. The average Bonchev–Trinajstić information content (AvgIpc) is 3.49. The van der Waals surface area contributed by atoms with Crippen LogP contribution in [0.4, 0.5) is 5.13 Å². The summed E-state index contributed by atoms with van der Waals surface area (Å²) in [5.74, 6) is 1.93. The molecule has 0 spiro atoms. The number of amides is 1. The van der Waals surface area contributed by atoms with E-state index in [1.54, 1.807) is 12.0 Å². The van der Waals surface area contributed by atoms with Gasteiger partial charge in [-0.05, 0) is 24.6 Å². The Labute approximate surface area is 178 Å². The third-order valence-corrected chi connectivity index (χ3v) is 6.65. The number of ether oxygens (including phenoxy) is 2. The zero-order chi connectivity index (χ0) is 20.5. The van der Waals surface area contributed by atoms with Crippen molar-refractivity contribution in [3.05, 3.63) is 29.8 Å². The van der Waals surface area contributed by atoms with Crippen molar-refractivity contribution in [2.45, 2.75) is 19.4 Å². The van der Waals surface area contributed by atoms with Crippen LogP contribution in [0.1, 0.15) is 22.9 Å². The molecule has 0 radical (unpaired) electrons. The lowest BCUT2D eigenvalue weighted by Crippen LogP contribution is -2.43. The summed E-state index contributed by atoms with van der Waals surface area (Å²) in [5.41, 5.74) is 0.853. The van der Waals surface area contributed by atoms with Crippen molar-refractivity contribution in [1.29, 1.82) is 0 Å². The molecule has 9 nitrogen and oxygen atoms in total. The van der Waals surface area contributed by atoms with E-state index in [1.807, 2.05) is 22.8 Å². The number of morpholine rings is 1. The minimum atomic E-state index is -0.144. The van der Waals surface area contributed by atoms with Crippen LogP contribution in [-0.4, -0.2) is 77.1 Å². The largest absolute Gasteiger partial charge is 0.497 e. The molecule has 2 aliphatic heterocycles. The van der Waals surface area contributed by atoms with Gasteiger partial charge in [0.25, 0.3) is 5.91 Å². The van der Waals surface area contributed by atoms with Crippen molar-refractivity contribution in [2.75, 3.05) is 51.4 Å². The fourth-order valence-corrected chi connectivity index (χ4v) is 4.93. The van der Waals surface area contributed by atoms with Gasteiger partial charge in [-0.3, -0.25) is 14.6 Å². The molecule has 0 atom stereocenters. The molecule has 0 unspecified atom stereocenters. The molecule has 30 heavy (non-hydrogen) atoms. The number of rotatable bonds is 6. The van der Waals surface area contributed by atoms with Crippen LogP contribution in [0.25, 0.3) is 10.2 Å². The number of aromatic nitrogens is 4. The first-order valence-electron chi connectivity index (χ1n) is 10.2. The number of thiazole rings is 1. The van der Waals surface area contributed by atoms with Gasteiger partial charge >= 0.3 is 0 Å². The van der Waals surface area contributed by atoms with E-state index in [2.05, 4.69) is 15.1 Å². The molecule has 0 saturated carbocycles. The summed E-state index contributed by atoms with van der Waals surface area (Å²) in [4.78, 5) is 22.4. The Hall–Kier alpha value is -2.56. The summed E-state index contributed by atoms with van der Waals surface area (Å²) in [5, 5.41) is 9.09. The second-order valence-electron chi connectivity index (χ2n) is 7.44. The van der Waals surface area contributed by atoms with Crippen LogP contribution in [0, 0.1) is 0 Å². The molecule has 0 N–H and O–H groups in total. The first-order valence-corrected chi connectivity index (χ1v) is 11.0. The lowest BCUT2D eigenvalue weighted by atomic mass is 10.3. The van der Waals surface area contributed by atoms with E-state index in [4.69, 9.17) is 14.5 Å². The second kappa shape index (κ2) is 8.29. The van der Waals surface area contributed by atoms with E-state index >= 15 is 0 Å². The van der Waals surface area contributed by atoms with E-state index in [9.17, 15) is 4.79 Å². The Bertz CT molecular complexity index is 1060. The van der Waals surface area contributed by atoms with Gasteiger partial charge in [0.05, 0.1) is 30.5 Å². The van der Waals surface area contributed by atoms with E-state index in [1.165, 1.54) is 11.3 Å². The lowest BCUT2D eigenvalue weighted by Gasteiger charge is -2.29. The third-order valence-electron chi connectivity index (χ3n) is 5.60. The highest BCUT2D eigenvalue weighted by molar-refractivity contribution is 7.22. The molecule has 1 saturated heterocycles. The van der Waals surface area contributed by atoms with Crippen LogP contribution in [0.5, 0.6) is 5.75 Å². The van der Waals surface area contributed by atoms with E-state index < -0.39 is 0 Å². The number of aryl methyl sites for hydroxylation is 1. The summed E-state index contributed by atoms with van der Waals surface area (Å²) in [6, 6.07) is 5.76. The predicted molar refractivity (Wildman–Crippen MR) is 113 cm³/mol. The number of carbonyl (C=O) groups excluding carboxylic acids is 1. The number of nitrogens with zero attached hydrogens (tertiary/aromatic N) is 6. The average molecular weight is 429 g/mol. The van der Waals surface area contributed by atoms with Gasteiger partial charge in [0.1, 0.15) is 11.6 Å². The number of benzene rings is 1. The molecule has 158 valence electrons. The Kier molecular flexibility index (Phi) is 5.36. The van der Waals surface area contributed by atoms with Crippen molar-refractivity contribution in [3.8, 4) is 5.75 Å². The number of carbonyl (C=O) groups is 1. The number of anilines is 1. The zero-order valence-electron chi connectivity index (χ0n) is 16.9. The molecular formula is C20H24N6O3S. The Morgan fingerprint density at radius 2 is 2.13 bits per heavy atom. The van der Waals surface area contributed by atoms with Gasteiger partial charge in [-0.15, -0.1) is 10.2 Å². The maximum Gasteiger partial charge on any atom is 0.298 e. The van der Waals surface area contributed by atoms with Crippen LogP contribution < -0.4 is 9.64 Å². The SMILES string of the molecule is COc1ccc2nc(N(CCN3CCOCC3)C(=O)c3nnc4n3CCC4)sc2c1. The lowest BCUT2D eigenvalue weighted by molar-refractivity contribution is 0.0390. The van der Waals surface area contributed by atoms with Crippen LogP contribution in [0.2, 0.25) is 0 Å². The van der Waals surface area contributed by atoms with Gasteiger partial charge in [-0.25, -0.2) is 4.98 Å². The van der Waals surface area contributed by atoms with E-state index in [0.29, 0.717) is 17.5 Å². The topological polar surface area (TPSA) is 85.6 Å². The Morgan fingerprint density at radius 1 is 1.27 bits per heavy atom. The van der Waals surface area contributed by atoms with Crippen molar-refractivity contribution < 1.29 is 14.3 Å². The molecular weight excluding hydrogens is 404 g/mol. The molecule has 1 amide bonds. The van der Waals surface area contributed by atoms with E-state index in [0.717, 1.165) is 74.0 Å². The molecule has 3 aromatic rings. The minimum Gasteiger partial charge on any atom is -0.497 e. The molecule has 4 heterocycles. The van der Waals surface area contributed by atoms with Crippen molar-refractivity contribution in [2.24, 2.45) is 0 Å². The normalized spacial score (nSPS) is 16.7. The van der Waals surface area contributed by atoms with Gasteiger partial charge in [-0.1, -0.05) is 11.3 Å². The number of fused-ring (bicyclic) bond motifs is 2. The van der Waals surface area contributed by atoms with Gasteiger partial charge in [-0.2, -0.15) is 0 Å². The van der Waals surface area contributed by atoms with Gasteiger partial charge in [0.2, 0.25) is 5.82 Å². The molecule has 2 aliphatic rings. The fraction of sp³-hybridized carbons (Fsp3) is 0.500. The van der Waals surface area contributed by atoms with Crippen LogP contribution in [0.3, 0.4) is 0 Å². The minimum absolute atomic E-state index is 0.144. The maximum absolute atomic E-state index is 13.5. The number of hydrogen-bond acceptors (Lipinski definition) is 8. The standard InChI is InChI=1S/C20H24N6O3S/c1-28-14-4-5-15-16(13-14)30-20(21-15)26(8-7-24-9-11-29-12-10-24)19(27)18-23-22-17-3-2-6-25(17)18/h4-5,13H,2-3,6-12H2,1H3. The second-order valence-corrected chi connectivity index (χ2v) is 8.45. The number of hydrogen-bond donors (Lipinski definition) is 0. The molecule has 0 bridgehead atoms. The maximum atomic E-state index is 13.5. The number of methoxy groups -OCH3 is 1. The highest BCUT2D eigenvalue weighted by Gasteiger charge is 2.29. The quantitative estimate of drug-likeness (QED) is 0.592. The molecule has 10 heteroatoms. The molecule has 2 aromatic heterocycles. The van der Waals surface area contributed by atoms with Gasteiger partial charge < -0.3 is 14.0 Å². The summed E-state index contributed by atoms with van der Waals surface area (Å²) < 4.78 is 13.7. The highest BCUT2D eigenvalue weighted by atomic mass is 32.1. The Morgan fingerprint density at radius 3 is 2.97 bits per heavy atom. The smallest absolute Gasteiger partial charge is 0.298 e.